The van der Waals surface area contributed by atoms with Crippen molar-refractivity contribution in [1.82, 2.24) is 0 Å². The SMILES string of the molecule is O=C(O)CC1CCC2O[C@@H]3CC2(C[C@H]2O[C@@H]32)O1. The number of epoxide rings is 1. The van der Waals surface area contributed by atoms with Crippen LogP contribution in [0, 0.1) is 0 Å². The molecule has 17 heavy (non-hydrogen) atoms. The molecule has 0 aromatic heterocycles. The molecule has 1 aliphatic carbocycles. The standard InChI is InChI=1S/C12H16O5/c13-10(14)3-6-1-2-9-12(17-6)4-7(15-9)11-8(5-12)16-11/h6-9,11H,1-5H2,(H,13,14)/t6?,7-,8-,9?,11+,12?/m1/s1. The Hall–Kier alpha value is -0.650. The van der Waals surface area contributed by atoms with E-state index in [-0.39, 0.29) is 36.4 Å². The first-order valence-corrected chi connectivity index (χ1v) is 6.37. The summed E-state index contributed by atoms with van der Waals surface area (Å²) in [7, 11) is 0. The second-order valence-electron chi connectivity index (χ2n) is 5.69. The highest BCUT2D eigenvalue weighted by Gasteiger charge is 2.66. The van der Waals surface area contributed by atoms with E-state index in [0.717, 1.165) is 25.7 Å². The molecule has 3 heterocycles. The van der Waals surface area contributed by atoms with Crippen LogP contribution in [0.15, 0.2) is 0 Å². The van der Waals surface area contributed by atoms with Crippen molar-refractivity contribution >= 4 is 5.97 Å². The van der Waals surface area contributed by atoms with Gasteiger partial charge in [0.25, 0.3) is 0 Å². The second-order valence-corrected chi connectivity index (χ2v) is 5.69. The van der Waals surface area contributed by atoms with E-state index < -0.39 is 5.97 Å². The molecule has 4 rings (SSSR count). The molecule has 1 spiro atoms. The normalized spacial score (nSPS) is 54.9. The second kappa shape index (κ2) is 3.22. The molecule has 3 saturated heterocycles. The summed E-state index contributed by atoms with van der Waals surface area (Å²) in [6.45, 7) is 0. The first-order valence-electron chi connectivity index (χ1n) is 6.37. The molecule has 94 valence electrons. The molecule has 3 unspecified atom stereocenters. The van der Waals surface area contributed by atoms with Crippen molar-refractivity contribution in [3.8, 4) is 0 Å². The number of carboxylic acid groups (broad SMARTS) is 1. The first-order chi connectivity index (χ1) is 8.16. The van der Waals surface area contributed by atoms with Crippen molar-refractivity contribution in [3.63, 3.8) is 0 Å². The fourth-order valence-electron chi connectivity index (χ4n) is 3.82. The average molecular weight is 240 g/mol. The van der Waals surface area contributed by atoms with Gasteiger partial charge in [-0.05, 0) is 12.8 Å². The van der Waals surface area contributed by atoms with Crippen molar-refractivity contribution in [3.05, 3.63) is 0 Å². The van der Waals surface area contributed by atoms with Gasteiger partial charge in [0, 0.05) is 12.8 Å². The Kier molecular flexibility index (Phi) is 1.95. The maximum absolute atomic E-state index is 10.8. The number of carbonyl (C=O) groups is 1. The molecule has 0 radical (unpaired) electrons. The van der Waals surface area contributed by atoms with Gasteiger partial charge in [0.2, 0.25) is 0 Å². The summed E-state index contributed by atoms with van der Waals surface area (Å²) in [5, 5.41) is 8.85. The summed E-state index contributed by atoms with van der Waals surface area (Å²) in [6.07, 6.45) is 4.36. The van der Waals surface area contributed by atoms with Crippen LogP contribution in [0.1, 0.15) is 32.1 Å². The molecule has 5 heteroatoms. The molecule has 0 aromatic carbocycles. The molecule has 0 aromatic rings. The van der Waals surface area contributed by atoms with E-state index >= 15 is 0 Å². The summed E-state index contributed by atoms with van der Waals surface area (Å²) in [4.78, 5) is 10.8. The molecule has 2 bridgehead atoms. The van der Waals surface area contributed by atoms with Gasteiger partial charge in [-0.25, -0.2) is 0 Å². The molecule has 1 saturated carbocycles. The quantitative estimate of drug-likeness (QED) is 0.720. The van der Waals surface area contributed by atoms with Gasteiger partial charge in [0.15, 0.2) is 0 Å². The molecular formula is C12H16O5. The molecule has 3 aliphatic heterocycles. The lowest BCUT2D eigenvalue weighted by molar-refractivity contribution is -0.177. The Bertz CT molecular complexity index is 366. The van der Waals surface area contributed by atoms with Crippen LogP contribution in [0.3, 0.4) is 0 Å². The van der Waals surface area contributed by atoms with Crippen LogP contribution < -0.4 is 0 Å². The van der Waals surface area contributed by atoms with Gasteiger partial charge >= 0.3 is 5.97 Å². The summed E-state index contributed by atoms with van der Waals surface area (Å²) in [5.41, 5.74) is -0.249. The first kappa shape index (κ1) is 10.3. The van der Waals surface area contributed by atoms with Crippen molar-refractivity contribution < 1.29 is 24.1 Å². The maximum atomic E-state index is 10.8. The highest BCUT2D eigenvalue weighted by atomic mass is 16.6. The van der Waals surface area contributed by atoms with E-state index in [4.69, 9.17) is 19.3 Å². The third kappa shape index (κ3) is 1.46. The lowest BCUT2D eigenvalue weighted by Crippen LogP contribution is -2.50. The molecular weight excluding hydrogens is 224 g/mol. The minimum atomic E-state index is -0.781. The van der Waals surface area contributed by atoms with Crippen LogP contribution >= 0.6 is 0 Å². The summed E-state index contributed by atoms with van der Waals surface area (Å²) in [5.74, 6) is -0.781. The van der Waals surface area contributed by atoms with E-state index in [1.165, 1.54) is 0 Å². The van der Waals surface area contributed by atoms with E-state index in [1.54, 1.807) is 0 Å². The maximum Gasteiger partial charge on any atom is 0.305 e. The Morgan fingerprint density at radius 3 is 2.76 bits per heavy atom. The third-order valence-electron chi connectivity index (χ3n) is 4.56. The van der Waals surface area contributed by atoms with E-state index in [9.17, 15) is 4.79 Å². The summed E-state index contributed by atoms with van der Waals surface area (Å²) >= 11 is 0. The van der Waals surface area contributed by atoms with Gasteiger partial charge in [-0.2, -0.15) is 0 Å². The topological polar surface area (TPSA) is 68.3 Å². The van der Waals surface area contributed by atoms with Crippen LogP contribution in [0.5, 0.6) is 0 Å². The van der Waals surface area contributed by atoms with Gasteiger partial charge in [0.1, 0.15) is 6.10 Å². The summed E-state index contributed by atoms with van der Waals surface area (Å²) < 4.78 is 17.6. The zero-order chi connectivity index (χ0) is 11.6. The Labute approximate surface area is 99.0 Å². The van der Waals surface area contributed by atoms with Crippen LogP contribution in [-0.2, 0) is 19.0 Å². The number of rotatable bonds is 2. The van der Waals surface area contributed by atoms with Crippen molar-refractivity contribution in [1.29, 1.82) is 0 Å². The van der Waals surface area contributed by atoms with E-state index in [1.807, 2.05) is 0 Å². The fourth-order valence-corrected chi connectivity index (χ4v) is 3.82. The molecule has 1 N–H and O–H groups in total. The van der Waals surface area contributed by atoms with Crippen molar-refractivity contribution in [2.75, 3.05) is 0 Å². The molecule has 0 amide bonds. The minimum absolute atomic E-state index is 0.105. The van der Waals surface area contributed by atoms with Crippen LogP contribution in [0.2, 0.25) is 0 Å². The highest BCUT2D eigenvalue weighted by Crippen LogP contribution is 2.55. The lowest BCUT2D eigenvalue weighted by Gasteiger charge is -2.42. The molecule has 4 fully saturated rings. The van der Waals surface area contributed by atoms with Gasteiger partial charge in [-0.15, -0.1) is 0 Å². The van der Waals surface area contributed by atoms with E-state index in [0.29, 0.717) is 6.10 Å². The lowest BCUT2D eigenvalue weighted by atomic mass is 9.78. The number of hydrogen-bond acceptors (Lipinski definition) is 4. The van der Waals surface area contributed by atoms with Crippen LogP contribution in [0.4, 0.5) is 0 Å². The number of carboxylic acids is 1. The average Bonchev–Trinajstić information content (AvgIpc) is 2.92. The molecule has 6 atom stereocenters. The minimum Gasteiger partial charge on any atom is -0.481 e. The van der Waals surface area contributed by atoms with Gasteiger partial charge in [-0.1, -0.05) is 0 Å². The van der Waals surface area contributed by atoms with Gasteiger partial charge in [0.05, 0.1) is 36.4 Å². The predicted molar refractivity (Wildman–Crippen MR) is 55.6 cm³/mol. The third-order valence-corrected chi connectivity index (χ3v) is 4.56. The molecule has 4 aliphatic rings. The number of fused-ring (bicyclic) bond motifs is 3. The van der Waals surface area contributed by atoms with Gasteiger partial charge < -0.3 is 19.3 Å². The van der Waals surface area contributed by atoms with Crippen LogP contribution in [-0.4, -0.2) is 47.2 Å². The Morgan fingerprint density at radius 2 is 2.00 bits per heavy atom. The predicted octanol–water partition coefficient (Wildman–Crippen LogP) is 0.708. The van der Waals surface area contributed by atoms with E-state index in [2.05, 4.69) is 0 Å². The van der Waals surface area contributed by atoms with Crippen LogP contribution in [0.25, 0.3) is 0 Å². The Morgan fingerprint density at radius 1 is 1.24 bits per heavy atom. The van der Waals surface area contributed by atoms with Crippen molar-refractivity contribution in [2.24, 2.45) is 0 Å². The highest BCUT2D eigenvalue weighted by molar-refractivity contribution is 5.67. The number of hydrogen-bond donors (Lipinski definition) is 1. The summed E-state index contributed by atoms with van der Waals surface area (Å²) in [6, 6.07) is 0. The fraction of sp³-hybridized carbons (Fsp3) is 0.917. The number of ether oxygens (including phenoxy) is 3. The largest absolute Gasteiger partial charge is 0.481 e. The zero-order valence-corrected chi connectivity index (χ0v) is 9.50. The number of aliphatic carboxylic acids is 1. The smallest absolute Gasteiger partial charge is 0.305 e. The molecule has 5 nitrogen and oxygen atoms in total. The van der Waals surface area contributed by atoms with Crippen molar-refractivity contribution in [2.45, 2.75) is 68.2 Å². The van der Waals surface area contributed by atoms with Gasteiger partial charge in [-0.3, -0.25) is 4.79 Å². The Balaban J connectivity index is 1.55. The zero-order valence-electron chi connectivity index (χ0n) is 9.50. The monoisotopic (exact) mass is 240 g/mol.